The number of hydrogen-bond acceptors (Lipinski definition) is 10. The first kappa shape index (κ1) is 52.1. The topological polar surface area (TPSA) is 197 Å². The third-order valence-corrected chi connectivity index (χ3v) is 13.9. The van der Waals surface area contributed by atoms with Gasteiger partial charge < -0.3 is 44.7 Å². The Bertz CT molecular complexity index is 2740. The highest BCUT2D eigenvalue weighted by Crippen LogP contribution is 2.55. The molecule has 7 rings (SSSR count). The van der Waals surface area contributed by atoms with E-state index in [4.69, 9.17) is 25.8 Å². The van der Waals surface area contributed by atoms with Gasteiger partial charge in [0.25, 0.3) is 5.91 Å². The zero-order chi connectivity index (χ0) is 51.4. The number of ether oxygens (including phenoxy) is 3. The number of imidazole rings is 1. The molecule has 1 aromatic heterocycles. The molecular formula is C55H64ClN7O8. The van der Waals surface area contributed by atoms with Crippen molar-refractivity contribution in [1.82, 2.24) is 30.4 Å². The smallest absolute Gasteiger partial charge is 0.251 e. The van der Waals surface area contributed by atoms with Crippen molar-refractivity contribution in [2.45, 2.75) is 105 Å². The summed E-state index contributed by atoms with van der Waals surface area (Å²) in [6.07, 6.45) is 2.57. The molecule has 4 N–H and O–H groups in total. The molecule has 71 heavy (non-hydrogen) atoms. The van der Waals surface area contributed by atoms with Gasteiger partial charge in [-0.2, -0.15) is 5.26 Å². The number of nitrogens with one attached hydrogen (secondary N) is 3. The fourth-order valence-electron chi connectivity index (χ4n) is 10.0. The molecule has 1 saturated heterocycles. The largest absolute Gasteiger partial charge is 0.491 e. The van der Waals surface area contributed by atoms with Crippen LogP contribution in [0.4, 0.5) is 0 Å². The van der Waals surface area contributed by atoms with E-state index in [9.17, 15) is 29.5 Å². The molecule has 4 atom stereocenters. The molecule has 15 nitrogen and oxygen atoms in total. The first-order chi connectivity index (χ1) is 33.6. The Labute approximate surface area is 420 Å². The average molecular weight is 987 g/mol. The Balaban J connectivity index is 0.847. The van der Waals surface area contributed by atoms with Gasteiger partial charge in [0.15, 0.2) is 0 Å². The van der Waals surface area contributed by atoms with Crippen molar-refractivity contribution < 1.29 is 38.5 Å². The van der Waals surface area contributed by atoms with Gasteiger partial charge in [-0.05, 0) is 84.5 Å². The Hall–Kier alpha value is -6.73. The summed E-state index contributed by atoms with van der Waals surface area (Å²) in [5.74, 6) is 0.488. The molecule has 1 aliphatic heterocycles. The first-order valence-corrected chi connectivity index (χ1v) is 24.2. The number of nitrogens with zero attached hydrogens (tertiary/aromatic N) is 4. The van der Waals surface area contributed by atoms with E-state index < -0.39 is 46.2 Å². The second kappa shape index (κ2) is 21.3. The summed E-state index contributed by atoms with van der Waals surface area (Å²) in [4.78, 5) is 60.1. The van der Waals surface area contributed by atoms with E-state index in [0.29, 0.717) is 27.6 Å². The number of β-amino-alcohol motifs (C(OH)–C–C–N with tert-alkyl or cyclic N) is 1. The Kier molecular flexibility index (Phi) is 15.6. The van der Waals surface area contributed by atoms with Crippen LogP contribution in [0.3, 0.4) is 0 Å². The standard InChI is InChI=1S/C55H64ClN7O8/c1-33(35-14-19-40(20-15-35)62-25-24-58-34(62)2)59-49(67)45-28-41(64)31-63(45)50(68)47(53(3,4)5)60-46(65)32-69-26-27-70-42-21-16-37(17-22-42)36-10-12-38(13-11-36)48(66)61-51-54(6,7)52(55(51,8)9)71-43-23-18-39(30-57)44(56)29-43/h10-25,29,33,41,45,47,51-52,64H,26-28,31-32H2,1-9H3,(H,59,67)(H,60,65)(H,61,66)/t33-,41+,45-,47+,51?,52?/m0/s1. The monoisotopic (exact) mass is 985 g/mol. The van der Waals surface area contributed by atoms with Crippen LogP contribution in [0.5, 0.6) is 11.5 Å². The second-order valence-electron chi connectivity index (χ2n) is 20.7. The molecule has 5 aromatic rings. The maximum absolute atomic E-state index is 14.1. The summed E-state index contributed by atoms with van der Waals surface area (Å²) in [5, 5.41) is 29.3. The van der Waals surface area contributed by atoms with E-state index in [1.165, 1.54) is 4.90 Å². The van der Waals surface area contributed by atoms with Gasteiger partial charge in [-0.25, -0.2) is 4.98 Å². The molecule has 16 heteroatoms. The summed E-state index contributed by atoms with van der Waals surface area (Å²) in [5.41, 5.74) is 3.05. The van der Waals surface area contributed by atoms with Gasteiger partial charge in [-0.1, -0.05) is 96.5 Å². The molecule has 374 valence electrons. The minimum absolute atomic E-state index is 0.0380. The van der Waals surface area contributed by atoms with Crippen LogP contribution < -0.4 is 25.4 Å². The summed E-state index contributed by atoms with van der Waals surface area (Å²) in [6.45, 7) is 17.4. The molecule has 4 amide bonds. The number of aromatic nitrogens is 2. The number of benzene rings is 4. The molecule has 2 heterocycles. The molecule has 1 aliphatic carbocycles. The lowest BCUT2D eigenvalue weighted by atomic mass is 9.49. The molecule has 0 unspecified atom stereocenters. The fourth-order valence-corrected chi connectivity index (χ4v) is 10.3. The molecule has 4 aromatic carbocycles. The number of likely N-dealkylation sites (tertiary alicyclic amines) is 1. The maximum atomic E-state index is 14.1. The van der Waals surface area contributed by atoms with E-state index in [0.717, 1.165) is 28.2 Å². The SMILES string of the molecule is Cc1nccn1-c1ccc([C@H](C)NC(=O)[C@@H]2C[C@@H](O)CN2C(=O)[C@@H](NC(=O)COCCOc2ccc(-c3ccc(C(=O)NC4C(C)(C)C(Oc5ccc(C#N)c(Cl)c5)C4(C)C)cc3)cc2)C(C)(C)C)cc1. The minimum atomic E-state index is -0.997. The maximum Gasteiger partial charge on any atom is 0.251 e. The summed E-state index contributed by atoms with van der Waals surface area (Å²) in [7, 11) is 0. The van der Waals surface area contributed by atoms with Crippen LogP contribution in [0.1, 0.15) is 95.2 Å². The zero-order valence-corrected chi connectivity index (χ0v) is 42.5. The first-order valence-electron chi connectivity index (χ1n) is 23.8. The van der Waals surface area contributed by atoms with Crippen molar-refractivity contribution >= 4 is 35.2 Å². The quantitative estimate of drug-likeness (QED) is 0.0669. The minimum Gasteiger partial charge on any atom is -0.491 e. The van der Waals surface area contributed by atoms with E-state index >= 15 is 0 Å². The van der Waals surface area contributed by atoms with Crippen molar-refractivity contribution in [1.29, 1.82) is 5.26 Å². The van der Waals surface area contributed by atoms with Crippen LogP contribution >= 0.6 is 11.6 Å². The van der Waals surface area contributed by atoms with Gasteiger partial charge in [0.2, 0.25) is 17.7 Å². The van der Waals surface area contributed by atoms with Gasteiger partial charge in [0, 0.05) is 59.5 Å². The van der Waals surface area contributed by atoms with Crippen LogP contribution in [0.25, 0.3) is 16.8 Å². The number of rotatable bonds is 17. The summed E-state index contributed by atoms with van der Waals surface area (Å²) >= 11 is 6.25. The summed E-state index contributed by atoms with van der Waals surface area (Å²) < 4.78 is 19.8. The molecule has 0 bridgehead atoms. The average Bonchev–Trinajstić information content (AvgIpc) is 3.96. The molecule has 0 spiro atoms. The van der Waals surface area contributed by atoms with Crippen LogP contribution in [-0.2, 0) is 19.1 Å². The van der Waals surface area contributed by atoms with Crippen molar-refractivity contribution in [3.05, 3.63) is 131 Å². The lowest BCUT2D eigenvalue weighted by Gasteiger charge is -2.63. The van der Waals surface area contributed by atoms with Gasteiger partial charge in [-0.3, -0.25) is 19.2 Å². The van der Waals surface area contributed by atoms with Crippen LogP contribution in [0, 0.1) is 34.5 Å². The summed E-state index contributed by atoms with van der Waals surface area (Å²) in [6, 6.07) is 27.3. The number of carbonyl (C=O) groups is 4. The second-order valence-corrected chi connectivity index (χ2v) is 21.1. The third kappa shape index (κ3) is 11.7. The molecule has 1 saturated carbocycles. The van der Waals surface area contributed by atoms with E-state index in [1.54, 1.807) is 36.5 Å². The number of nitriles is 1. The van der Waals surface area contributed by atoms with Gasteiger partial charge in [0.05, 0.1) is 29.3 Å². The highest BCUT2D eigenvalue weighted by atomic mass is 35.5. The van der Waals surface area contributed by atoms with E-state index in [2.05, 4.69) is 54.7 Å². The van der Waals surface area contributed by atoms with E-state index in [-0.39, 0.29) is 62.8 Å². The highest BCUT2D eigenvalue weighted by Gasteiger charge is 2.64. The van der Waals surface area contributed by atoms with Crippen molar-refractivity contribution in [2.24, 2.45) is 16.2 Å². The predicted octanol–water partition coefficient (Wildman–Crippen LogP) is 7.75. The van der Waals surface area contributed by atoms with Crippen LogP contribution in [0.15, 0.2) is 103 Å². The third-order valence-electron chi connectivity index (χ3n) is 13.6. The highest BCUT2D eigenvalue weighted by molar-refractivity contribution is 6.31. The number of aryl methyl sites for hydroxylation is 1. The number of hydrogen-bond donors (Lipinski definition) is 4. The molecule has 2 fully saturated rings. The van der Waals surface area contributed by atoms with Gasteiger partial charge >= 0.3 is 0 Å². The Morgan fingerprint density at radius 3 is 2.13 bits per heavy atom. The zero-order valence-electron chi connectivity index (χ0n) is 41.8. The van der Waals surface area contributed by atoms with E-state index in [1.807, 2.05) is 106 Å². The normalized spacial score (nSPS) is 19.9. The number of amides is 4. The number of aliphatic hydroxyl groups is 1. The lowest BCUT2D eigenvalue weighted by molar-refractivity contribution is -0.164. The van der Waals surface area contributed by atoms with Gasteiger partial charge in [0.1, 0.15) is 54.8 Å². The molecule has 0 radical (unpaired) electrons. The van der Waals surface area contributed by atoms with Gasteiger partial charge in [-0.15, -0.1) is 0 Å². The number of halogens is 1. The predicted molar refractivity (Wildman–Crippen MR) is 270 cm³/mol. The van der Waals surface area contributed by atoms with Crippen molar-refractivity contribution in [2.75, 3.05) is 26.4 Å². The Morgan fingerprint density at radius 1 is 0.901 bits per heavy atom. The molecule has 2 aliphatic rings. The Morgan fingerprint density at radius 2 is 1.54 bits per heavy atom. The number of carbonyl (C=O) groups excluding carboxylic acids is 4. The fraction of sp³-hybridized carbons (Fsp3) is 0.418. The van der Waals surface area contributed by atoms with Crippen LogP contribution in [-0.4, -0.2) is 99.9 Å². The van der Waals surface area contributed by atoms with Crippen LogP contribution in [0.2, 0.25) is 5.02 Å². The van der Waals surface area contributed by atoms with Crippen molar-refractivity contribution in [3.8, 4) is 34.4 Å². The van der Waals surface area contributed by atoms with Crippen molar-refractivity contribution in [3.63, 3.8) is 0 Å². The molecular weight excluding hydrogens is 922 g/mol. The lowest BCUT2D eigenvalue weighted by Crippen LogP contribution is -2.74. The number of aliphatic hydroxyl groups excluding tert-OH is 1.